The molecule has 6 N–H and O–H groups in total. The van der Waals surface area contributed by atoms with Crippen molar-refractivity contribution in [3.8, 4) is 0 Å². The molecule has 3 heterocycles. The van der Waals surface area contributed by atoms with E-state index < -0.39 is 54.9 Å². The van der Waals surface area contributed by atoms with E-state index in [1.165, 1.54) is 0 Å². The first-order valence-corrected chi connectivity index (χ1v) is 12.5. The molecule has 0 aromatic carbocycles. The average Bonchev–Trinajstić information content (AvgIpc) is 3.18. The molecular weight excluding hydrogens is 483 g/mol. The lowest BCUT2D eigenvalue weighted by atomic mass is 10.2. The number of nitrogens with one attached hydrogen (secondary N) is 1. The Kier molecular flexibility index (Phi) is 7.39. The summed E-state index contributed by atoms with van der Waals surface area (Å²) in [6.07, 6.45) is -2.71. The van der Waals surface area contributed by atoms with E-state index in [2.05, 4.69) is 18.6 Å². The number of aliphatic hydroxyl groups excluding tert-OH is 1. The van der Waals surface area contributed by atoms with Gasteiger partial charge in [0.15, 0.2) is 5.82 Å². The Bertz CT molecular complexity index is 976. The Labute approximate surface area is 176 Å². The normalized spacial score (nSPS) is 26.0. The predicted molar refractivity (Wildman–Crippen MR) is 104 cm³/mol. The van der Waals surface area contributed by atoms with Gasteiger partial charge in [0, 0.05) is 30.7 Å². The van der Waals surface area contributed by atoms with Crippen LogP contribution in [0.4, 0.5) is 17.5 Å². The minimum absolute atomic E-state index is 0.0837. The SMILES string of the molecule is CCN1CN([C@H]2C[C@H](O)[C@@H](CO[P+](=O)OP(=O)(O)O[P+](=O)O)O2)c2nc(N)[nH]c(=O)c21. The molecule has 31 heavy (non-hydrogen) atoms. The summed E-state index contributed by atoms with van der Waals surface area (Å²) < 4.78 is 51.7. The van der Waals surface area contributed by atoms with E-state index in [-0.39, 0.29) is 24.9 Å². The van der Waals surface area contributed by atoms with Gasteiger partial charge in [-0.25, -0.2) is 4.57 Å². The van der Waals surface area contributed by atoms with Crippen LogP contribution in [0.1, 0.15) is 13.3 Å². The third-order valence-corrected chi connectivity index (χ3v) is 7.53. The fraction of sp³-hybridized carbons (Fsp3) is 0.667. The largest absolute Gasteiger partial charge is 0.708 e. The maximum Gasteiger partial charge on any atom is 0.708 e. The van der Waals surface area contributed by atoms with Gasteiger partial charge in [-0.05, 0) is 6.92 Å². The maximum atomic E-state index is 12.3. The Morgan fingerprint density at radius 2 is 2.13 bits per heavy atom. The van der Waals surface area contributed by atoms with Gasteiger partial charge in [-0.1, -0.05) is 0 Å². The molecule has 1 saturated heterocycles. The summed E-state index contributed by atoms with van der Waals surface area (Å²) in [5.74, 6) is 0.201. The van der Waals surface area contributed by atoms with Gasteiger partial charge in [-0.2, -0.15) is 4.98 Å². The van der Waals surface area contributed by atoms with Crippen molar-refractivity contribution in [3.05, 3.63) is 10.4 Å². The van der Waals surface area contributed by atoms with Gasteiger partial charge >= 0.3 is 24.3 Å². The lowest BCUT2D eigenvalue weighted by Crippen LogP contribution is -2.39. The summed E-state index contributed by atoms with van der Waals surface area (Å²) in [6, 6.07) is 0. The topological polar surface area (TPSA) is 227 Å². The van der Waals surface area contributed by atoms with Crippen molar-refractivity contribution in [2.24, 2.45) is 0 Å². The summed E-state index contributed by atoms with van der Waals surface area (Å²) in [5, 5.41) is 10.3. The van der Waals surface area contributed by atoms with Gasteiger partial charge in [0.25, 0.3) is 5.56 Å². The third kappa shape index (κ3) is 5.62. The van der Waals surface area contributed by atoms with Crippen LogP contribution in [0, 0.1) is 0 Å². The number of hydrogen-bond acceptors (Lipinski definition) is 13. The highest BCUT2D eigenvalue weighted by Gasteiger charge is 2.47. The van der Waals surface area contributed by atoms with Crippen LogP contribution in [0.25, 0.3) is 0 Å². The molecule has 0 bridgehead atoms. The van der Waals surface area contributed by atoms with Crippen LogP contribution < -0.4 is 21.1 Å². The Balaban J connectivity index is 1.63. The number of rotatable bonds is 9. The molecule has 0 aliphatic carbocycles. The van der Waals surface area contributed by atoms with Crippen molar-refractivity contribution < 1.29 is 46.5 Å². The second-order valence-corrected chi connectivity index (χ2v) is 9.84. The first-order chi connectivity index (χ1) is 14.5. The highest BCUT2D eigenvalue weighted by molar-refractivity contribution is 7.61. The van der Waals surface area contributed by atoms with E-state index in [4.69, 9.17) is 24.8 Å². The van der Waals surface area contributed by atoms with Crippen molar-refractivity contribution in [3.63, 3.8) is 0 Å². The van der Waals surface area contributed by atoms with Gasteiger partial charge in [0.2, 0.25) is 5.95 Å². The third-order valence-electron chi connectivity index (χ3n) is 4.43. The van der Waals surface area contributed by atoms with Crippen molar-refractivity contribution in [1.29, 1.82) is 0 Å². The van der Waals surface area contributed by atoms with E-state index in [1.807, 2.05) is 6.92 Å². The zero-order chi connectivity index (χ0) is 22.9. The number of aromatic amines is 1. The Morgan fingerprint density at radius 1 is 1.42 bits per heavy atom. The molecule has 2 aliphatic heterocycles. The lowest BCUT2D eigenvalue weighted by Gasteiger charge is -2.25. The summed E-state index contributed by atoms with van der Waals surface area (Å²) in [5.41, 5.74) is 5.53. The molecule has 3 unspecified atom stereocenters. The fourth-order valence-electron chi connectivity index (χ4n) is 3.17. The summed E-state index contributed by atoms with van der Waals surface area (Å²) >= 11 is 0. The van der Waals surface area contributed by atoms with Crippen molar-refractivity contribution >= 4 is 41.8 Å². The van der Waals surface area contributed by atoms with Gasteiger partial charge in [-0.15, -0.1) is 9.42 Å². The first-order valence-electron chi connectivity index (χ1n) is 8.74. The number of anilines is 3. The van der Waals surface area contributed by atoms with Crippen LogP contribution in [0.2, 0.25) is 0 Å². The van der Waals surface area contributed by atoms with Crippen LogP contribution in [-0.4, -0.2) is 63.1 Å². The average molecular weight is 503 g/mol. The van der Waals surface area contributed by atoms with E-state index >= 15 is 0 Å². The highest BCUT2D eigenvalue weighted by atomic mass is 31.3. The molecule has 6 atom stereocenters. The van der Waals surface area contributed by atoms with Gasteiger partial charge in [0.05, 0.1) is 12.8 Å². The second-order valence-electron chi connectivity index (χ2n) is 6.41. The number of nitrogens with zero attached hydrogens (tertiary/aromatic N) is 3. The molecule has 0 radical (unpaired) electrons. The fourth-order valence-corrected chi connectivity index (χ4v) is 5.39. The molecule has 3 rings (SSSR count). The summed E-state index contributed by atoms with van der Waals surface area (Å²) in [6.45, 7) is 2.09. The molecule has 0 saturated carbocycles. The van der Waals surface area contributed by atoms with E-state index in [0.717, 1.165) is 0 Å². The summed E-state index contributed by atoms with van der Waals surface area (Å²) in [4.78, 5) is 39.8. The first kappa shape index (κ1) is 24.1. The molecular formula is C12H20N5O11P3+2. The molecule has 19 heteroatoms. The monoisotopic (exact) mass is 503 g/mol. The van der Waals surface area contributed by atoms with Crippen LogP contribution in [0.3, 0.4) is 0 Å². The van der Waals surface area contributed by atoms with Crippen LogP contribution >= 0.6 is 24.3 Å². The molecule has 16 nitrogen and oxygen atoms in total. The number of H-pyrrole nitrogens is 1. The standard InChI is InChI=1S/C12H18N5O11P3/c1-2-16-5-17(10-9(16)11(19)15-12(13)14-10)8-3-6(18)7(26-8)4-25-30(22)28-31(23,24)27-29(20)21/h6-8,18H,2-5H2,1H3,(H3-2,13,14,15,19,20,21,23,24)/p+2/t6-,7+,8+/m0/s1. The smallest absolute Gasteiger partial charge is 0.390 e. The molecule has 1 fully saturated rings. The van der Waals surface area contributed by atoms with Gasteiger partial charge in [0.1, 0.15) is 24.6 Å². The quantitative estimate of drug-likeness (QED) is 0.277. The van der Waals surface area contributed by atoms with Crippen molar-refractivity contribution in [2.45, 2.75) is 31.8 Å². The number of aliphatic hydroxyl groups is 1. The van der Waals surface area contributed by atoms with Crippen LogP contribution in [0.5, 0.6) is 0 Å². The number of nitrogens with two attached hydrogens (primary N) is 1. The molecule has 172 valence electrons. The van der Waals surface area contributed by atoms with E-state index in [1.54, 1.807) is 9.80 Å². The van der Waals surface area contributed by atoms with Crippen LogP contribution in [-0.2, 0) is 31.6 Å². The van der Waals surface area contributed by atoms with Gasteiger partial charge in [-0.3, -0.25) is 14.7 Å². The number of hydrogen-bond donors (Lipinski definition) is 5. The number of phosphoric acid groups is 1. The highest BCUT2D eigenvalue weighted by Crippen LogP contribution is 2.57. The van der Waals surface area contributed by atoms with E-state index in [9.17, 15) is 23.6 Å². The summed E-state index contributed by atoms with van der Waals surface area (Å²) in [7, 11) is -11.8. The number of aromatic nitrogens is 2. The molecule has 0 amide bonds. The van der Waals surface area contributed by atoms with Gasteiger partial charge < -0.3 is 25.4 Å². The number of fused-ring (bicyclic) bond motifs is 1. The van der Waals surface area contributed by atoms with Crippen molar-refractivity contribution in [1.82, 2.24) is 9.97 Å². The second kappa shape index (κ2) is 9.51. The Morgan fingerprint density at radius 3 is 2.77 bits per heavy atom. The van der Waals surface area contributed by atoms with Crippen molar-refractivity contribution in [2.75, 3.05) is 35.4 Å². The maximum absolute atomic E-state index is 12.3. The molecule has 2 aliphatic rings. The minimum Gasteiger partial charge on any atom is -0.390 e. The number of ether oxygens (including phenoxy) is 1. The molecule has 0 spiro atoms. The molecule has 1 aromatic heterocycles. The number of nitrogen functional groups attached to an aromatic ring is 1. The zero-order valence-corrected chi connectivity index (χ0v) is 18.6. The lowest BCUT2D eigenvalue weighted by molar-refractivity contribution is -0.0165. The molecule has 1 aromatic rings. The zero-order valence-electron chi connectivity index (χ0n) is 15.9. The van der Waals surface area contributed by atoms with Crippen LogP contribution in [0.15, 0.2) is 4.79 Å². The van der Waals surface area contributed by atoms with E-state index in [0.29, 0.717) is 12.2 Å². The Hall–Kier alpha value is -1.57. The minimum atomic E-state index is -5.08. The predicted octanol–water partition coefficient (Wildman–Crippen LogP) is -0.111.